The number of nitrogens with zero attached hydrogens (tertiary/aromatic N) is 1. The highest BCUT2D eigenvalue weighted by Crippen LogP contribution is 2.32. The van der Waals surface area contributed by atoms with Gasteiger partial charge >= 0.3 is 12.1 Å². The third kappa shape index (κ3) is 10.0. The molecule has 1 aromatic carbocycles. The molecule has 37 heavy (non-hydrogen) atoms. The molecular formula is C27H43N3O7. The summed E-state index contributed by atoms with van der Waals surface area (Å²) in [6, 6.07) is 4.75. The molecule has 0 aliphatic heterocycles. The fraction of sp³-hybridized carbons (Fsp3) is 0.630. The molecule has 0 saturated carbocycles. The second-order valence-electron chi connectivity index (χ2n) is 10.4. The molecule has 3 N–H and O–H groups in total. The van der Waals surface area contributed by atoms with E-state index in [1.165, 1.54) is 4.90 Å². The van der Waals surface area contributed by atoms with Crippen molar-refractivity contribution in [1.82, 2.24) is 15.5 Å². The van der Waals surface area contributed by atoms with Crippen LogP contribution in [0.3, 0.4) is 0 Å². The first-order valence-corrected chi connectivity index (χ1v) is 12.6. The van der Waals surface area contributed by atoms with Gasteiger partial charge in [-0.3, -0.25) is 14.4 Å². The van der Waals surface area contributed by atoms with Gasteiger partial charge in [0.15, 0.2) is 0 Å². The lowest BCUT2D eigenvalue weighted by molar-refractivity contribution is -0.150. The highest BCUT2D eigenvalue weighted by Gasteiger charge is 2.43. The molecular weight excluding hydrogens is 478 g/mol. The van der Waals surface area contributed by atoms with Gasteiger partial charge < -0.3 is 30.1 Å². The lowest BCUT2D eigenvalue weighted by Crippen LogP contribution is -2.60. The Labute approximate surface area is 220 Å². The van der Waals surface area contributed by atoms with Crippen molar-refractivity contribution >= 4 is 23.9 Å². The molecule has 10 nitrogen and oxygen atoms in total. The van der Waals surface area contributed by atoms with Gasteiger partial charge in [-0.25, -0.2) is 4.79 Å². The van der Waals surface area contributed by atoms with E-state index in [1.807, 2.05) is 33.8 Å². The summed E-state index contributed by atoms with van der Waals surface area (Å²) in [6.45, 7) is 13.7. The number of carbonyl (C=O) groups excluding carboxylic acids is 4. The molecule has 0 bridgehead atoms. The Hall–Kier alpha value is -3.14. The Balaban J connectivity index is 3.45. The highest BCUT2D eigenvalue weighted by atomic mass is 16.6. The van der Waals surface area contributed by atoms with Crippen LogP contribution in [0.4, 0.5) is 4.79 Å². The van der Waals surface area contributed by atoms with Crippen LogP contribution in [-0.4, -0.2) is 70.8 Å². The third-order valence-corrected chi connectivity index (χ3v) is 5.72. The van der Waals surface area contributed by atoms with Crippen molar-refractivity contribution in [1.29, 1.82) is 0 Å². The van der Waals surface area contributed by atoms with E-state index < -0.39 is 53.7 Å². The number of alkyl carbamates (subject to hydrolysis) is 1. The molecule has 208 valence electrons. The largest absolute Gasteiger partial charge is 0.466 e. The summed E-state index contributed by atoms with van der Waals surface area (Å²) in [5.74, 6) is -1.59. The van der Waals surface area contributed by atoms with Crippen LogP contribution in [0.2, 0.25) is 0 Å². The fourth-order valence-corrected chi connectivity index (χ4v) is 3.62. The standard InChI is InChI=1S/C27H43N3O7/c1-9-27(7,8)30(24(34)20(17-31)29-25(35)37-26(4,5)6)22(19-13-11-12-18(3)16-19)23(33)28-15-14-21(32)36-10-2/h11-13,16,20,22,31H,9-10,14-15,17H2,1-8H3,(H,28,33)(H,29,35). The van der Waals surface area contributed by atoms with E-state index in [0.29, 0.717) is 12.0 Å². The number of benzene rings is 1. The van der Waals surface area contributed by atoms with Gasteiger partial charge in [0.05, 0.1) is 19.6 Å². The smallest absolute Gasteiger partial charge is 0.408 e. The van der Waals surface area contributed by atoms with Crippen LogP contribution in [0.5, 0.6) is 0 Å². The van der Waals surface area contributed by atoms with Crippen molar-refractivity contribution in [2.75, 3.05) is 19.8 Å². The average Bonchev–Trinajstić information content (AvgIpc) is 2.79. The summed E-state index contributed by atoms with van der Waals surface area (Å²) < 4.78 is 10.2. The van der Waals surface area contributed by atoms with E-state index >= 15 is 0 Å². The molecule has 0 radical (unpaired) electrons. The molecule has 2 atom stereocenters. The zero-order valence-electron chi connectivity index (χ0n) is 23.3. The Morgan fingerprint density at radius 2 is 1.73 bits per heavy atom. The molecule has 0 saturated heterocycles. The van der Waals surface area contributed by atoms with Gasteiger partial charge in [0.2, 0.25) is 11.8 Å². The van der Waals surface area contributed by atoms with Crippen LogP contribution >= 0.6 is 0 Å². The van der Waals surface area contributed by atoms with Crippen molar-refractivity contribution in [3.8, 4) is 0 Å². The Kier molecular flexibility index (Phi) is 12.0. The van der Waals surface area contributed by atoms with Gasteiger partial charge in [-0.2, -0.15) is 0 Å². The van der Waals surface area contributed by atoms with Crippen LogP contribution in [0.1, 0.15) is 78.5 Å². The highest BCUT2D eigenvalue weighted by molar-refractivity contribution is 5.93. The summed E-state index contributed by atoms with van der Waals surface area (Å²) in [7, 11) is 0. The molecule has 2 unspecified atom stereocenters. The van der Waals surface area contributed by atoms with Crippen LogP contribution in [0.25, 0.3) is 0 Å². The molecule has 10 heteroatoms. The summed E-state index contributed by atoms with van der Waals surface area (Å²) in [6.07, 6.45) is -0.410. The molecule has 1 aromatic rings. The SMILES string of the molecule is CCOC(=O)CCNC(=O)C(c1cccc(C)c1)N(C(=O)C(CO)NC(=O)OC(C)(C)C)C(C)(C)CC. The molecule has 3 amide bonds. The first-order valence-electron chi connectivity index (χ1n) is 12.6. The maximum absolute atomic E-state index is 13.9. The van der Waals surface area contributed by atoms with E-state index in [-0.39, 0.29) is 19.6 Å². The van der Waals surface area contributed by atoms with Crippen molar-refractivity contribution < 1.29 is 33.8 Å². The van der Waals surface area contributed by atoms with Crippen molar-refractivity contribution in [2.24, 2.45) is 0 Å². The number of amides is 3. The van der Waals surface area contributed by atoms with Crippen LogP contribution in [0, 0.1) is 6.92 Å². The number of esters is 1. The Morgan fingerprint density at radius 3 is 2.24 bits per heavy atom. The maximum Gasteiger partial charge on any atom is 0.408 e. The van der Waals surface area contributed by atoms with E-state index in [4.69, 9.17) is 9.47 Å². The van der Waals surface area contributed by atoms with Crippen LogP contribution < -0.4 is 10.6 Å². The average molecular weight is 522 g/mol. The van der Waals surface area contributed by atoms with E-state index in [9.17, 15) is 24.3 Å². The van der Waals surface area contributed by atoms with Crippen molar-refractivity contribution in [3.63, 3.8) is 0 Å². The zero-order chi connectivity index (χ0) is 28.4. The maximum atomic E-state index is 13.9. The fourth-order valence-electron chi connectivity index (χ4n) is 3.62. The lowest BCUT2D eigenvalue weighted by Gasteiger charge is -2.44. The predicted molar refractivity (Wildman–Crippen MR) is 140 cm³/mol. The first kappa shape index (κ1) is 31.9. The van der Waals surface area contributed by atoms with Crippen LogP contribution in [0.15, 0.2) is 24.3 Å². The van der Waals surface area contributed by atoms with Gasteiger partial charge in [0.25, 0.3) is 0 Å². The van der Waals surface area contributed by atoms with Gasteiger partial charge in [0.1, 0.15) is 17.7 Å². The quantitative estimate of drug-likeness (QED) is 0.360. The topological polar surface area (TPSA) is 134 Å². The Morgan fingerprint density at radius 1 is 1.08 bits per heavy atom. The number of hydrogen-bond acceptors (Lipinski definition) is 7. The van der Waals surface area contributed by atoms with E-state index in [0.717, 1.165) is 5.56 Å². The zero-order valence-corrected chi connectivity index (χ0v) is 23.3. The number of hydrogen-bond donors (Lipinski definition) is 3. The van der Waals surface area contributed by atoms with Gasteiger partial charge in [-0.1, -0.05) is 36.8 Å². The molecule has 0 aliphatic rings. The van der Waals surface area contributed by atoms with Crippen molar-refractivity contribution in [3.05, 3.63) is 35.4 Å². The summed E-state index contributed by atoms with van der Waals surface area (Å²) in [5.41, 5.74) is -0.225. The van der Waals surface area contributed by atoms with Gasteiger partial charge in [-0.05, 0) is 60.5 Å². The molecule has 0 spiro atoms. The molecule has 0 fully saturated rings. The predicted octanol–water partition coefficient (Wildman–Crippen LogP) is 3.01. The molecule has 1 rings (SSSR count). The minimum atomic E-state index is -1.35. The monoisotopic (exact) mass is 521 g/mol. The van der Waals surface area contributed by atoms with Crippen LogP contribution in [-0.2, 0) is 23.9 Å². The number of aryl methyl sites for hydroxylation is 1. The number of aliphatic hydroxyl groups excluding tert-OH is 1. The molecule has 0 aromatic heterocycles. The van der Waals surface area contributed by atoms with E-state index in [2.05, 4.69) is 10.6 Å². The number of aliphatic hydroxyl groups is 1. The molecule has 0 heterocycles. The second kappa shape index (κ2) is 14.0. The number of carbonyl (C=O) groups is 4. The molecule has 0 aliphatic carbocycles. The minimum Gasteiger partial charge on any atom is -0.466 e. The Bertz CT molecular complexity index is 940. The summed E-state index contributed by atoms with van der Waals surface area (Å²) in [5, 5.41) is 15.2. The van der Waals surface area contributed by atoms with Gasteiger partial charge in [0, 0.05) is 12.1 Å². The van der Waals surface area contributed by atoms with E-state index in [1.54, 1.807) is 45.9 Å². The second-order valence-corrected chi connectivity index (χ2v) is 10.4. The lowest BCUT2D eigenvalue weighted by atomic mass is 9.91. The summed E-state index contributed by atoms with van der Waals surface area (Å²) >= 11 is 0. The van der Waals surface area contributed by atoms with Crippen molar-refractivity contribution in [2.45, 2.75) is 91.5 Å². The third-order valence-electron chi connectivity index (χ3n) is 5.72. The minimum absolute atomic E-state index is 0.0220. The first-order chi connectivity index (χ1) is 17.2. The number of rotatable bonds is 12. The number of nitrogens with one attached hydrogen (secondary N) is 2. The van der Waals surface area contributed by atoms with Gasteiger partial charge in [-0.15, -0.1) is 0 Å². The summed E-state index contributed by atoms with van der Waals surface area (Å²) in [4.78, 5) is 53.1. The number of ether oxygens (including phenoxy) is 2. The normalized spacial score (nSPS) is 13.2.